The molecule has 0 aromatic carbocycles. The molecule has 6 aliphatic rings. The quantitative estimate of drug-likeness (QED) is 0.495. The lowest BCUT2D eigenvalue weighted by molar-refractivity contribution is -0.272. The van der Waals surface area contributed by atoms with Gasteiger partial charge in [0.1, 0.15) is 0 Å². The molecule has 0 bridgehead atoms. The van der Waals surface area contributed by atoms with E-state index in [4.69, 9.17) is 9.47 Å². The zero-order chi connectivity index (χ0) is 20.9. The highest BCUT2D eigenvalue weighted by molar-refractivity contribution is 5.91. The second-order valence-corrected chi connectivity index (χ2v) is 12.5. The SMILES string of the molecule is CC1CC[C@@]2(OC1)O[C@H]1CC3C4CCC5=CC(=O)CC[C@]5(C)C4CC[C@]3(C)[C@H]1[C@@H]2C. The van der Waals surface area contributed by atoms with Crippen molar-refractivity contribution in [3.63, 3.8) is 0 Å². The van der Waals surface area contributed by atoms with Gasteiger partial charge in [-0.05, 0) is 91.4 Å². The molecule has 4 aliphatic carbocycles. The zero-order valence-corrected chi connectivity index (χ0v) is 19.4. The molecule has 0 amide bonds. The maximum Gasteiger partial charge on any atom is 0.171 e. The minimum absolute atomic E-state index is 0.270. The van der Waals surface area contributed by atoms with Gasteiger partial charge in [-0.1, -0.05) is 33.3 Å². The van der Waals surface area contributed by atoms with Gasteiger partial charge in [-0.15, -0.1) is 0 Å². The fraction of sp³-hybridized carbons (Fsp3) is 0.889. The fourth-order valence-electron chi connectivity index (χ4n) is 9.58. The largest absolute Gasteiger partial charge is 0.349 e. The Bertz CT molecular complexity index is 777. The Morgan fingerprint density at radius 2 is 1.83 bits per heavy atom. The van der Waals surface area contributed by atoms with Crippen molar-refractivity contribution in [3.8, 4) is 0 Å². The monoisotopic (exact) mass is 412 g/mol. The molecule has 3 heteroatoms. The van der Waals surface area contributed by atoms with Gasteiger partial charge in [0.05, 0.1) is 12.7 Å². The Kier molecular flexibility index (Phi) is 4.29. The lowest BCUT2D eigenvalue weighted by Gasteiger charge is -2.58. The lowest BCUT2D eigenvalue weighted by atomic mass is 9.46. The molecule has 3 nitrogen and oxygen atoms in total. The summed E-state index contributed by atoms with van der Waals surface area (Å²) in [6.07, 6.45) is 12.9. The lowest BCUT2D eigenvalue weighted by Crippen LogP contribution is -2.52. The number of ketones is 1. The molecular formula is C27H40O3. The summed E-state index contributed by atoms with van der Waals surface area (Å²) in [6, 6.07) is 0. The van der Waals surface area contributed by atoms with E-state index in [0.717, 1.165) is 50.0 Å². The van der Waals surface area contributed by atoms with E-state index >= 15 is 0 Å². The van der Waals surface area contributed by atoms with E-state index in [0.29, 0.717) is 35.1 Å². The highest BCUT2D eigenvalue weighted by Crippen LogP contribution is 2.70. The highest BCUT2D eigenvalue weighted by atomic mass is 16.7. The number of carbonyl (C=O) groups is 1. The number of carbonyl (C=O) groups excluding carboxylic acids is 1. The van der Waals surface area contributed by atoms with Crippen molar-refractivity contribution in [2.75, 3.05) is 6.61 Å². The molecule has 0 aromatic heterocycles. The molecule has 0 radical (unpaired) electrons. The number of rotatable bonds is 0. The third kappa shape index (κ3) is 2.48. The number of fused-ring (bicyclic) bond motifs is 7. The van der Waals surface area contributed by atoms with Gasteiger partial charge in [0.15, 0.2) is 11.6 Å². The second kappa shape index (κ2) is 6.44. The van der Waals surface area contributed by atoms with E-state index in [2.05, 4.69) is 27.7 Å². The zero-order valence-electron chi connectivity index (χ0n) is 19.4. The molecule has 30 heavy (non-hydrogen) atoms. The normalized spacial score (nSPS) is 57.4. The van der Waals surface area contributed by atoms with Crippen LogP contribution in [-0.2, 0) is 14.3 Å². The van der Waals surface area contributed by atoms with Crippen molar-refractivity contribution < 1.29 is 14.3 Å². The summed E-state index contributed by atoms with van der Waals surface area (Å²) in [4.78, 5) is 12.1. The van der Waals surface area contributed by atoms with Gasteiger partial charge in [0.25, 0.3) is 0 Å². The Morgan fingerprint density at radius 1 is 1.00 bits per heavy atom. The number of hydrogen-bond acceptors (Lipinski definition) is 3. The van der Waals surface area contributed by atoms with Crippen LogP contribution in [0, 0.1) is 46.3 Å². The predicted octanol–water partition coefficient (Wildman–Crippen LogP) is 5.92. The Hall–Kier alpha value is -0.670. The summed E-state index contributed by atoms with van der Waals surface area (Å²) >= 11 is 0. The summed E-state index contributed by atoms with van der Waals surface area (Å²) in [6.45, 7) is 10.7. The van der Waals surface area contributed by atoms with Crippen LogP contribution in [0.15, 0.2) is 11.6 Å². The molecule has 0 N–H and O–H groups in total. The minimum atomic E-state index is -0.301. The molecule has 0 aromatic rings. The predicted molar refractivity (Wildman–Crippen MR) is 117 cm³/mol. The number of ether oxygens (including phenoxy) is 2. The molecule has 1 spiro atoms. The minimum Gasteiger partial charge on any atom is -0.349 e. The first kappa shape index (κ1) is 20.0. The van der Waals surface area contributed by atoms with Crippen molar-refractivity contribution in [3.05, 3.63) is 11.6 Å². The second-order valence-electron chi connectivity index (χ2n) is 12.5. The van der Waals surface area contributed by atoms with Crippen LogP contribution < -0.4 is 0 Å². The molecule has 2 heterocycles. The van der Waals surface area contributed by atoms with Gasteiger partial charge < -0.3 is 9.47 Å². The molecule has 2 aliphatic heterocycles. The van der Waals surface area contributed by atoms with Crippen molar-refractivity contribution in [2.24, 2.45) is 46.3 Å². The molecule has 5 fully saturated rings. The molecule has 3 saturated carbocycles. The Morgan fingerprint density at radius 3 is 2.60 bits per heavy atom. The van der Waals surface area contributed by atoms with Crippen LogP contribution in [0.3, 0.4) is 0 Å². The molecule has 166 valence electrons. The van der Waals surface area contributed by atoms with Crippen LogP contribution in [0.5, 0.6) is 0 Å². The summed E-state index contributed by atoms with van der Waals surface area (Å²) in [7, 11) is 0. The van der Waals surface area contributed by atoms with Crippen LogP contribution in [0.1, 0.15) is 85.5 Å². The maximum atomic E-state index is 12.1. The third-order valence-corrected chi connectivity index (χ3v) is 11.2. The summed E-state index contributed by atoms with van der Waals surface area (Å²) in [5.41, 5.74) is 2.14. The average molecular weight is 413 g/mol. The van der Waals surface area contributed by atoms with Gasteiger partial charge in [-0.3, -0.25) is 4.79 Å². The van der Waals surface area contributed by atoms with Crippen LogP contribution in [0.25, 0.3) is 0 Å². The maximum absolute atomic E-state index is 12.1. The molecule has 4 unspecified atom stereocenters. The van der Waals surface area contributed by atoms with Crippen molar-refractivity contribution >= 4 is 5.78 Å². The molecule has 2 saturated heterocycles. The van der Waals surface area contributed by atoms with Gasteiger partial charge in [-0.25, -0.2) is 0 Å². The van der Waals surface area contributed by atoms with Crippen LogP contribution in [0.2, 0.25) is 0 Å². The van der Waals surface area contributed by atoms with E-state index in [9.17, 15) is 4.79 Å². The number of allylic oxidation sites excluding steroid dienone is 1. The van der Waals surface area contributed by atoms with Crippen LogP contribution >= 0.6 is 0 Å². The fourth-order valence-corrected chi connectivity index (χ4v) is 9.58. The van der Waals surface area contributed by atoms with E-state index in [1.54, 1.807) is 0 Å². The van der Waals surface area contributed by atoms with E-state index in [1.165, 1.54) is 37.7 Å². The van der Waals surface area contributed by atoms with Crippen molar-refractivity contribution in [2.45, 2.75) is 97.4 Å². The van der Waals surface area contributed by atoms with E-state index in [-0.39, 0.29) is 11.2 Å². The van der Waals surface area contributed by atoms with Gasteiger partial charge in [0, 0.05) is 18.8 Å². The third-order valence-electron chi connectivity index (χ3n) is 11.2. The summed E-state index contributed by atoms with van der Waals surface area (Å²) < 4.78 is 13.3. The Labute approximate surface area is 182 Å². The topological polar surface area (TPSA) is 35.5 Å². The average Bonchev–Trinajstić information content (AvgIpc) is 3.16. The molecule has 10 atom stereocenters. The van der Waals surface area contributed by atoms with Crippen LogP contribution in [0.4, 0.5) is 0 Å². The summed E-state index contributed by atoms with van der Waals surface area (Å²) in [5, 5.41) is 0. The Balaban J connectivity index is 1.28. The van der Waals surface area contributed by atoms with E-state index in [1.807, 2.05) is 6.08 Å². The van der Waals surface area contributed by atoms with Gasteiger partial charge >= 0.3 is 0 Å². The first-order valence-electron chi connectivity index (χ1n) is 12.8. The van der Waals surface area contributed by atoms with Crippen molar-refractivity contribution in [1.29, 1.82) is 0 Å². The standard InChI is InChI=1S/C27H40O3/c1-16-7-12-27(29-15-16)17(2)24-23(30-27)14-22-20-6-5-18-13-19(28)8-10-25(18,3)21(20)9-11-26(22,24)4/h13,16-17,20-24H,5-12,14-15H2,1-4H3/t16?,17-,20?,21?,22?,23-,24-,25-,26-,27+/m0/s1. The first-order valence-corrected chi connectivity index (χ1v) is 12.8. The highest BCUT2D eigenvalue weighted by Gasteiger charge is 2.68. The molecular weight excluding hydrogens is 372 g/mol. The first-order chi connectivity index (χ1) is 14.3. The molecule has 6 rings (SSSR count). The summed E-state index contributed by atoms with van der Waals surface area (Å²) in [5.74, 6) is 4.24. The van der Waals surface area contributed by atoms with Crippen molar-refractivity contribution in [1.82, 2.24) is 0 Å². The van der Waals surface area contributed by atoms with Gasteiger partial charge in [-0.2, -0.15) is 0 Å². The van der Waals surface area contributed by atoms with Crippen LogP contribution in [-0.4, -0.2) is 24.3 Å². The van der Waals surface area contributed by atoms with Gasteiger partial charge in [0.2, 0.25) is 0 Å². The smallest absolute Gasteiger partial charge is 0.171 e. The number of hydrogen-bond donors (Lipinski definition) is 0. The van der Waals surface area contributed by atoms with E-state index < -0.39 is 0 Å².